The number of nitrogens with zero attached hydrogens (tertiary/aromatic N) is 3. The molecule has 0 bridgehead atoms. The number of anilines is 6. The zero-order chi connectivity index (χ0) is 48.4. The molecular formula is C60H42N3P3S6. The largest absolute Gasteiger partial charge is 0.300 e. The second-order valence-electron chi connectivity index (χ2n) is 17.6. The summed E-state index contributed by atoms with van der Waals surface area (Å²) in [6.07, 6.45) is 0. The van der Waals surface area contributed by atoms with Crippen molar-refractivity contribution in [3.8, 4) is 33.4 Å². The monoisotopic (exact) mass is 1090 g/mol. The highest BCUT2D eigenvalue weighted by Gasteiger charge is 2.41. The third-order valence-electron chi connectivity index (χ3n) is 13.2. The molecule has 0 spiro atoms. The first-order valence-corrected chi connectivity index (χ1v) is 36.0. The van der Waals surface area contributed by atoms with E-state index < -0.39 is 16.2 Å². The van der Waals surface area contributed by atoms with Crippen molar-refractivity contribution in [2.24, 2.45) is 0 Å². The van der Waals surface area contributed by atoms with E-state index in [9.17, 15) is 0 Å². The second-order valence-corrected chi connectivity index (χ2v) is 38.6. The quantitative estimate of drug-likeness (QED) is 0.130. The van der Waals surface area contributed by atoms with E-state index in [0.717, 1.165) is 66.4 Å². The lowest BCUT2D eigenvalue weighted by molar-refractivity contribution is 1.35. The van der Waals surface area contributed by atoms with Gasteiger partial charge in [0.25, 0.3) is 0 Å². The van der Waals surface area contributed by atoms with Crippen LogP contribution in [0, 0.1) is 0 Å². The van der Waals surface area contributed by atoms with E-state index in [2.05, 4.69) is 269 Å². The third kappa shape index (κ3) is 8.01. The Morgan fingerprint density at radius 1 is 0.250 bits per heavy atom. The molecule has 3 nitrogen and oxygen atoms in total. The number of rotatable bonds is 9. The molecular weight excluding hydrogens is 1050 g/mol. The number of hydrogen-bond acceptors (Lipinski definition) is 6. The molecule has 10 aromatic carbocycles. The summed E-state index contributed by atoms with van der Waals surface area (Å²) < 4.78 is 7.29. The maximum Gasteiger partial charge on any atom is 0.127 e. The van der Waals surface area contributed by atoms with Gasteiger partial charge in [0.15, 0.2) is 0 Å². The van der Waals surface area contributed by atoms with Crippen LogP contribution >= 0.6 is 50.3 Å². The smallest absolute Gasteiger partial charge is 0.127 e. The number of hydrogen-bond donors (Lipinski definition) is 0. The van der Waals surface area contributed by atoms with E-state index in [1.165, 1.54) is 31.7 Å². The Bertz CT molecular complexity index is 3480. The molecule has 72 heavy (non-hydrogen) atoms. The van der Waals surface area contributed by atoms with Crippen LogP contribution in [0.25, 0.3) is 33.4 Å². The van der Waals surface area contributed by atoms with E-state index in [1.807, 2.05) is 34.1 Å². The van der Waals surface area contributed by atoms with Gasteiger partial charge in [-0.3, -0.25) is 14.0 Å². The molecule has 0 N–H and O–H groups in total. The van der Waals surface area contributed by atoms with Gasteiger partial charge < -0.3 is 0 Å². The van der Waals surface area contributed by atoms with Crippen molar-refractivity contribution in [1.82, 2.24) is 0 Å². The Hall–Kier alpha value is -5.40. The Labute approximate surface area is 448 Å². The average Bonchev–Trinajstić information content (AvgIpc) is 4.06. The summed E-state index contributed by atoms with van der Waals surface area (Å²) in [6, 6.07) is 92.0. The molecule has 3 unspecified atom stereocenters. The molecule has 0 saturated heterocycles. The molecule has 348 valence electrons. The average molecular weight is 1090 g/mol. The molecule has 0 fully saturated rings. The lowest BCUT2D eigenvalue weighted by Gasteiger charge is -2.31. The predicted molar refractivity (Wildman–Crippen MR) is 327 cm³/mol. The van der Waals surface area contributed by atoms with Crippen LogP contribution in [0.5, 0.6) is 0 Å². The van der Waals surface area contributed by atoms with Crippen LogP contribution < -0.4 is 29.9 Å². The normalized spacial score (nSPS) is 19.8. The van der Waals surface area contributed by atoms with Crippen LogP contribution in [0.2, 0.25) is 0 Å². The summed E-state index contributed by atoms with van der Waals surface area (Å²) in [5.74, 6) is 0. The fourth-order valence-electron chi connectivity index (χ4n) is 9.87. The molecule has 3 aliphatic heterocycles. The summed E-state index contributed by atoms with van der Waals surface area (Å²) >= 11 is 26.3. The van der Waals surface area contributed by atoms with Gasteiger partial charge in [-0.2, -0.15) is 0 Å². The Morgan fingerprint density at radius 2 is 0.514 bits per heavy atom. The van der Waals surface area contributed by atoms with Gasteiger partial charge in [-0.05, 0) is 143 Å². The number of fused-ring (bicyclic) bond motifs is 3. The van der Waals surface area contributed by atoms with Crippen molar-refractivity contribution in [2.45, 2.75) is 14.7 Å². The summed E-state index contributed by atoms with van der Waals surface area (Å²) in [7, 11) is 0. The van der Waals surface area contributed by atoms with E-state index in [1.54, 1.807) is 0 Å². The lowest BCUT2D eigenvalue weighted by atomic mass is 9.93. The zero-order valence-electron chi connectivity index (χ0n) is 38.4. The standard InChI is InChI=1S/C60H42N3P3S6/c67-64(61(49-22-4-1-5-23-49)55-31-10-13-34-58(55)70-64)52-28-16-19-43(40-52)46-37-47(44-20-17-29-53(41-44)65(68)62(50-24-6-2-7-25-50)56-32-11-14-35-59(56)71-65)39-48(38-46)45-21-18-30-54(42-45)66(69)63(51-26-8-3-9-27-51)57-33-12-15-36-60(57)72-66/h1-42H. The van der Waals surface area contributed by atoms with Gasteiger partial charge in [0, 0.05) is 47.7 Å². The molecule has 12 heteroatoms. The molecule has 0 radical (unpaired) electrons. The van der Waals surface area contributed by atoms with Gasteiger partial charge >= 0.3 is 0 Å². The first kappa shape index (κ1) is 46.4. The fraction of sp³-hybridized carbons (Fsp3) is 0. The first-order valence-electron chi connectivity index (χ1n) is 23.5. The summed E-state index contributed by atoms with van der Waals surface area (Å²) in [5, 5.41) is -3.84. The van der Waals surface area contributed by atoms with Gasteiger partial charge in [0.1, 0.15) is 16.2 Å². The van der Waals surface area contributed by atoms with Gasteiger partial charge in [-0.1, -0.05) is 215 Å². The topological polar surface area (TPSA) is 9.72 Å². The molecule has 0 saturated carbocycles. The van der Waals surface area contributed by atoms with Crippen LogP contribution in [0.15, 0.2) is 269 Å². The minimum Gasteiger partial charge on any atom is -0.300 e. The van der Waals surface area contributed by atoms with E-state index in [4.69, 9.17) is 35.4 Å². The summed E-state index contributed by atoms with van der Waals surface area (Å²) in [6.45, 7) is 0. The predicted octanol–water partition coefficient (Wildman–Crippen LogP) is 18.3. The molecule has 0 amide bonds. The SMILES string of the molecule is S=P1(c2cccc(-c3cc(-c4cccc(P5(=S)Sc6ccccc6N5c5ccccc5)c4)cc(-c4cccc(P5(=S)Sc6ccccc6N5c5ccccc5)c4)c3)c2)Sc2ccccc2N1c1ccccc1. The molecule has 10 aromatic rings. The fourth-order valence-corrected chi connectivity index (χ4v) is 30.7. The van der Waals surface area contributed by atoms with Crippen LogP contribution in [-0.4, -0.2) is 0 Å². The maximum absolute atomic E-state index is 6.93. The Kier molecular flexibility index (Phi) is 12.1. The van der Waals surface area contributed by atoms with Gasteiger partial charge in [-0.25, -0.2) is 0 Å². The van der Waals surface area contributed by atoms with Gasteiger partial charge in [0.05, 0.1) is 17.1 Å². The van der Waals surface area contributed by atoms with Crippen molar-refractivity contribution in [2.75, 3.05) is 14.0 Å². The third-order valence-corrected chi connectivity index (χ3v) is 34.0. The van der Waals surface area contributed by atoms with Crippen molar-refractivity contribution < 1.29 is 0 Å². The second kappa shape index (κ2) is 18.8. The molecule has 0 aromatic heterocycles. The molecule has 3 heterocycles. The molecule has 0 aliphatic carbocycles. The van der Waals surface area contributed by atoms with Gasteiger partial charge in [0.2, 0.25) is 0 Å². The molecule has 13 rings (SSSR count). The van der Waals surface area contributed by atoms with Crippen LogP contribution in [-0.2, 0) is 35.4 Å². The van der Waals surface area contributed by atoms with Crippen LogP contribution in [0.4, 0.5) is 34.1 Å². The van der Waals surface area contributed by atoms with Gasteiger partial charge in [-0.15, -0.1) is 0 Å². The molecule has 3 atom stereocenters. The lowest BCUT2D eigenvalue weighted by Crippen LogP contribution is -2.16. The molecule has 3 aliphatic rings. The Balaban J connectivity index is 0.963. The number of benzene rings is 10. The highest BCUT2D eigenvalue weighted by molar-refractivity contribution is 8.75. The summed E-state index contributed by atoms with van der Waals surface area (Å²) in [4.78, 5) is 3.65. The van der Waals surface area contributed by atoms with Crippen molar-refractivity contribution in [1.29, 1.82) is 0 Å². The van der Waals surface area contributed by atoms with Crippen molar-refractivity contribution >= 4 is 136 Å². The highest BCUT2D eigenvalue weighted by Crippen LogP contribution is 2.76. The van der Waals surface area contributed by atoms with E-state index >= 15 is 0 Å². The van der Waals surface area contributed by atoms with Crippen molar-refractivity contribution in [3.63, 3.8) is 0 Å². The highest BCUT2D eigenvalue weighted by atomic mass is 32.9. The minimum absolute atomic E-state index is 1.11. The maximum atomic E-state index is 6.93. The Morgan fingerprint density at radius 3 is 0.806 bits per heavy atom. The van der Waals surface area contributed by atoms with Crippen LogP contribution in [0.3, 0.4) is 0 Å². The van der Waals surface area contributed by atoms with Crippen molar-refractivity contribution in [3.05, 3.63) is 255 Å². The minimum atomic E-state index is -2.44. The first-order chi connectivity index (χ1) is 35.3. The zero-order valence-corrected chi connectivity index (χ0v) is 46.0. The number of para-hydroxylation sites is 6. The van der Waals surface area contributed by atoms with E-state index in [0.29, 0.717) is 0 Å². The van der Waals surface area contributed by atoms with Crippen LogP contribution in [0.1, 0.15) is 0 Å². The van der Waals surface area contributed by atoms with E-state index in [-0.39, 0.29) is 0 Å². The summed E-state index contributed by atoms with van der Waals surface area (Å²) in [5.41, 5.74) is 13.5.